The van der Waals surface area contributed by atoms with Crippen molar-refractivity contribution in [2.45, 2.75) is 13.1 Å². The summed E-state index contributed by atoms with van der Waals surface area (Å²) >= 11 is 0. The second-order valence-electron chi connectivity index (χ2n) is 3.80. The average molecular weight is 235 g/mol. The van der Waals surface area contributed by atoms with Crippen molar-refractivity contribution in [2.24, 2.45) is 0 Å². The van der Waals surface area contributed by atoms with Crippen LogP contribution in [0.1, 0.15) is 11.1 Å². The molecule has 0 atom stereocenters. The Bertz CT molecular complexity index is 621. The fourth-order valence-electron chi connectivity index (χ4n) is 1.80. The molecule has 86 valence electrons. The lowest BCUT2D eigenvalue weighted by molar-refractivity contribution is 0.765. The number of hydrogen-bond donors (Lipinski definition) is 2. The van der Waals surface area contributed by atoms with Crippen LogP contribution in [0.25, 0.3) is 0 Å². The van der Waals surface area contributed by atoms with Gasteiger partial charge in [-0.1, -0.05) is 6.07 Å². The summed E-state index contributed by atoms with van der Waals surface area (Å²) < 4.78 is 0. The van der Waals surface area contributed by atoms with E-state index in [0.29, 0.717) is 5.69 Å². The highest BCUT2D eigenvalue weighted by molar-refractivity contribution is 5.60. The summed E-state index contributed by atoms with van der Waals surface area (Å²) in [5, 5.41) is 32.4. The molecule has 0 radical (unpaired) electrons. The van der Waals surface area contributed by atoms with Gasteiger partial charge in [0, 0.05) is 18.8 Å². The van der Waals surface area contributed by atoms with Crippen LogP contribution < -0.4 is 10.6 Å². The van der Waals surface area contributed by atoms with Gasteiger partial charge in [-0.15, -0.1) is 0 Å². The van der Waals surface area contributed by atoms with Gasteiger partial charge in [0.05, 0.1) is 0 Å². The number of benzene rings is 1. The molecule has 18 heavy (non-hydrogen) atoms. The van der Waals surface area contributed by atoms with Gasteiger partial charge in [-0.05, 0) is 23.3 Å². The van der Waals surface area contributed by atoms with E-state index < -0.39 is 0 Å². The van der Waals surface area contributed by atoms with Gasteiger partial charge in [-0.25, -0.2) is 0 Å². The Kier molecular flexibility index (Phi) is 3.25. The highest BCUT2D eigenvalue weighted by Crippen LogP contribution is 2.21. The number of anilines is 1. The Balaban J connectivity index is 2.31. The second kappa shape index (κ2) is 5.01. The first-order valence-electron chi connectivity index (χ1n) is 5.32. The number of nitrogens with zero attached hydrogens (tertiary/aromatic N) is 3. The molecule has 1 aliphatic rings. The fraction of sp³-hybridized carbons (Fsp3) is 0.154. The van der Waals surface area contributed by atoms with Crippen molar-refractivity contribution in [1.29, 1.82) is 15.8 Å². The number of nitrogens with one attached hydrogen (secondary N) is 2. The van der Waals surface area contributed by atoms with Gasteiger partial charge in [-0.3, -0.25) is 0 Å². The molecule has 5 nitrogen and oxygen atoms in total. The third kappa shape index (κ3) is 2.15. The molecular weight excluding hydrogens is 226 g/mol. The van der Waals surface area contributed by atoms with Crippen LogP contribution in [-0.2, 0) is 13.1 Å². The van der Waals surface area contributed by atoms with E-state index in [1.165, 1.54) is 5.56 Å². The Morgan fingerprint density at radius 1 is 1.06 bits per heavy atom. The molecule has 0 unspecified atom stereocenters. The van der Waals surface area contributed by atoms with E-state index in [9.17, 15) is 0 Å². The standard InChI is InChI=1S/C13H9N5/c14-4-11(5-15)13(6-16)18-12-2-1-9-7-17-8-10(9)3-12/h1-3,17-18H,7-8H2. The van der Waals surface area contributed by atoms with Crippen molar-refractivity contribution >= 4 is 5.69 Å². The lowest BCUT2D eigenvalue weighted by atomic mass is 10.1. The van der Waals surface area contributed by atoms with Crippen molar-refractivity contribution in [3.8, 4) is 18.2 Å². The van der Waals surface area contributed by atoms with Crippen LogP contribution in [0.5, 0.6) is 0 Å². The van der Waals surface area contributed by atoms with Crippen molar-refractivity contribution in [2.75, 3.05) is 5.32 Å². The Morgan fingerprint density at radius 3 is 2.44 bits per heavy atom. The average Bonchev–Trinajstić information content (AvgIpc) is 2.86. The van der Waals surface area contributed by atoms with Gasteiger partial charge in [0.1, 0.15) is 23.9 Å². The predicted molar refractivity (Wildman–Crippen MR) is 64.5 cm³/mol. The molecule has 0 aromatic heterocycles. The molecule has 1 aliphatic heterocycles. The molecule has 0 bridgehead atoms. The zero-order chi connectivity index (χ0) is 13.0. The van der Waals surface area contributed by atoms with Gasteiger partial charge in [0.15, 0.2) is 5.57 Å². The number of hydrogen-bond acceptors (Lipinski definition) is 5. The van der Waals surface area contributed by atoms with Gasteiger partial charge in [0.2, 0.25) is 0 Å². The highest BCUT2D eigenvalue weighted by Gasteiger charge is 2.11. The second-order valence-corrected chi connectivity index (χ2v) is 3.80. The van der Waals surface area contributed by atoms with Crippen LogP contribution in [-0.4, -0.2) is 0 Å². The van der Waals surface area contributed by atoms with Gasteiger partial charge in [0.25, 0.3) is 0 Å². The highest BCUT2D eigenvalue weighted by atomic mass is 14.9. The maximum absolute atomic E-state index is 8.93. The van der Waals surface area contributed by atoms with Crippen molar-refractivity contribution in [3.05, 3.63) is 40.6 Å². The van der Waals surface area contributed by atoms with Crippen LogP contribution in [0.3, 0.4) is 0 Å². The normalized spacial score (nSPS) is 11.6. The first kappa shape index (κ1) is 11.7. The first-order valence-corrected chi connectivity index (χ1v) is 5.32. The topological polar surface area (TPSA) is 95.4 Å². The molecule has 0 spiro atoms. The van der Waals surface area contributed by atoms with Crippen LogP contribution in [0.2, 0.25) is 0 Å². The van der Waals surface area contributed by atoms with E-state index in [1.54, 1.807) is 12.1 Å². The monoisotopic (exact) mass is 235 g/mol. The van der Waals surface area contributed by atoms with Gasteiger partial charge in [-0.2, -0.15) is 15.8 Å². The zero-order valence-electron chi connectivity index (χ0n) is 9.49. The summed E-state index contributed by atoms with van der Waals surface area (Å²) in [6.45, 7) is 1.64. The van der Waals surface area contributed by atoms with Gasteiger partial charge < -0.3 is 10.6 Å². The van der Waals surface area contributed by atoms with E-state index >= 15 is 0 Å². The molecule has 0 amide bonds. The van der Waals surface area contributed by atoms with E-state index in [1.807, 2.05) is 24.3 Å². The largest absolute Gasteiger partial charge is 0.345 e. The number of allylic oxidation sites excluding steroid dienone is 2. The van der Waals surface area contributed by atoms with Crippen LogP contribution in [0.4, 0.5) is 5.69 Å². The SMILES string of the molecule is N#CC(C#N)=C(C#N)Nc1ccc2c(c1)CNC2. The van der Waals surface area contributed by atoms with Crippen LogP contribution in [0, 0.1) is 34.0 Å². The summed E-state index contributed by atoms with van der Waals surface area (Å²) in [5.74, 6) is 0. The third-order valence-corrected chi connectivity index (χ3v) is 2.69. The summed E-state index contributed by atoms with van der Waals surface area (Å²) in [6.07, 6.45) is 0. The number of rotatable bonds is 2. The summed E-state index contributed by atoms with van der Waals surface area (Å²) in [7, 11) is 0. The number of fused-ring (bicyclic) bond motifs is 1. The van der Waals surface area contributed by atoms with Gasteiger partial charge >= 0.3 is 0 Å². The van der Waals surface area contributed by atoms with Crippen LogP contribution in [0.15, 0.2) is 29.5 Å². The molecule has 0 aliphatic carbocycles. The molecule has 5 heteroatoms. The molecule has 1 heterocycles. The lowest BCUT2D eigenvalue weighted by Crippen LogP contribution is -2.01. The maximum Gasteiger partial charge on any atom is 0.163 e. The maximum atomic E-state index is 8.93. The first-order chi connectivity index (χ1) is 8.78. The predicted octanol–water partition coefficient (Wildman–Crippen LogP) is 1.53. The minimum absolute atomic E-state index is 0.0223. The van der Waals surface area contributed by atoms with Crippen LogP contribution >= 0.6 is 0 Å². The van der Waals surface area contributed by atoms with E-state index in [4.69, 9.17) is 15.8 Å². The Hall–Kier alpha value is -2.81. The number of nitriles is 3. The van der Waals surface area contributed by atoms with E-state index in [2.05, 4.69) is 10.6 Å². The summed E-state index contributed by atoms with van der Waals surface area (Å²) in [4.78, 5) is 0. The molecule has 0 fully saturated rings. The van der Waals surface area contributed by atoms with Crippen molar-refractivity contribution < 1.29 is 0 Å². The summed E-state index contributed by atoms with van der Waals surface area (Å²) in [5.41, 5.74) is 2.86. The van der Waals surface area contributed by atoms with Crippen molar-refractivity contribution in [1.82, 2.24) is 5.32 Å². The molecule has 2 rings (SSSR count). The van der Waals surface area contributed by atoms with E-state index in [-0.39, 0.29) is 11.3 Å². The quantitative estimate of drug-likeness (QED) is 0.758. The molecule has 0 saturated carbocycles. The molecule has 1 aromatic carbocycles. The smallest absolute Gasteiger partial charge is 0.163 e. The third-order valence-electron chi connectivity index (χ3n) is 2.69. The Labute approximate surface area is 105 Å². The Morgan fingerprint density at radius 2 is 1.78 bits per heavy atom. The molecule has 2 N–H and O–H groups in total. The molecule has 0 saturated heterocycles. The molecular formula is C13H9N5. The minimum atomic E-state index is -0.212. The lowest BCUT2D eigenvalue weighted by Gasteiger charge is -2.06. The minimum Gasteiger partial charge on any atom is -0.345 e. The molecule has 1 aromatic rings. The zero-order valence-corrected chi connectivity index (χ0v) is 9.49. The summed E-state index contributed by atoms with van der Waals surface area (Å²) in [6, 6.07) is 10.9. The van der Waals surface area contributed by atoms with Crippen molar-refractivity contribution in [3.63, 3.8) is 0 Å². The van der Waals surface area contributed by atoms with E-state index in [0.717, 1.165) is 18.7 Å². The fourth-order valence-corrected chi connectivity index (χ4v) is 1.80.